The molecule has 1 aliphatic carbocycles. The third-order valence-electron chi connectivity index (χ3n) is 4.84. The number of rotatable bonds is 3. The molecule has 1 saturated carbocycles. The second-order valence-corrected chi connectivity index (χ2v) is 6.45. The number of aryl methyl sites for hydroxylation is 1. The van der Waals surface area contributed by atoms with Gasteiger partial charge in [0.25, 0.3) is 0 Å². The molecular weight excluding hydrogens is 250 g/mol. The van der Waals surface area contributed by atoms with Gasteiger partial charge in [-0.3, -0.25) is 0 Å². The number of aromatic nitrogens is 2. The molecule has 1 saturated heterocycles. The molecule has 4 heteroatoms. The van der Waals surface area contributed by atoms with Gasteiger partial charge in [0.15, 0.2) is 5.82 Å². The Morgan fingerprint density at radius 1 is 1.20 bits per heavy atom. The van der Waals surface area contributed by atoms with Crippen LogP contribution in [0.4, 0.5) is 5.82 Å². The third-order valence-corrected chi connectivity index (χ3v) is 4.84. The fourth-order valence-electron chi connectivity index (χ4n) is 3.81. The maximum atomic E-state index is 5.17. The second kappa shape index (κ2) is 5.68. The molecule has 0 radical (unpaired) electrons. The highest BCUT2D eigenvalue weighted by atomic mass is 16.5. The van der Waals surface area contributed by atoms with Gasteiger partial charge in [-0.25, -0.2) is 9.97 Å². The minimum absolute atomic E-state index is 0.494. The first kappa shape index (κ1) is 13.8. The van der Waals surface area contributed by atoms with Crippen molar-refractivity contribution >= 4 is 5.82 Å². The van der Waals surface area contributed by atoms with Crippen molar-refractivity contribution in [3.63, 3.8) is 0 Å². The van der Waals surface area contributed by atoms with Crippen molar-refractivity contribution in [2.45, 2.75) is 52.1 Å². The molecular formula is C16H25N3O. The van der Waals surface area contributed by atoms with Crippen LogP contribution in [0.1, 0.15) is 50.0 Å². The predicted octanol–water partition coefficient (Wildman–Crippen LogP) is 3.09. The summed E-state index contributed by atoms with van der Waals surface area (Å²) in [5.74, 6) is 1.89. The second-order valence-electron chi connectivity index (χ2n) is 6.45. The average Bonchev–Trinajstić information content (AvgIpc) is 2.83. The topological polar surface area (TPSA) is 38.2 Å². The van der Waals surface area contributed by atoms with Crippen molar-refractivity contribution in [3.8, 4) is 0 Å². The van der Waals surface area contributed by atoms with E-state index >= 15 is 0 Å². The monoisotopic (exact) mass is 275 g/mol. The van der Waals surface area contributed by atoms with Crippen molar-refractivity contribution in [3.05, 3.63) is 17.6 Å². The van der Waals surface area contributed by atoms with Gasteiger partial charge in [-0.05, 0) is 31.6 Å². The Morgan fingerprint density at radius 2 is 2.00 bits per heavy atom. The Kier molecular flexibility index (Phi) is 3.92. The van der Waals surface area contributed by atoms with E-state index in [0.29, 0.717) is 12.0 Å². The van der Waals surface area contributed by atoms with Gasteiger partial charge in [-0.1, -0.05) is 19.3 Å². The van der Waals surface area contributed by atoms with Crippen LogP contribution >= 0.6 is 0 Å². The van der Waals surface area contributed by atoms with Gasteiger partial charge in [0.1, 0.15) is 12.4 Å². The van der Waals surface area contributed by atoms with Crippen LogP contribution in [0.25, 0.3) is 0 Å². The van der Waals surface area contributed by atoms with E-state index in [1.807, 2.05) is 6.92 Å². The highest BCUT2D eigenvalue weighted by Gasteiger charge is 2.39. The molecule has 0 bridgehead atoms. The first-order chi connectivity index (χ1) is 9.71. The molecule has 1 aliphatic heterocycles. The lowest BCUT2D eigenvalue weighted by Crippen LogP contribution is -2.29. The number of anilines is 1. The molecule has 0 aromatic carbocycles. The Labute approximate surface area is 121 Å². The Morgan fingerprint density at radius 3 is 2.75 bits per heavy atom. The molecule has 2 aliphatic rings. The van der Waals surface area contributed by atoms with Crippen molar-refractivity contribution in [2.24, 2.45) is 5.41 Å². The molecule has 3 rings (SSSR count). The van der Waals surface area contributed by atoms with Crippen LogP contribution in [0.3, 0.4) is 0 Å². The van der Waals surface area contributed by atoms with E-state index in [0.717, 1.165) is 23.9 Å². The zero-order valence-corrected chi connectivity index (χ0v) is 12.7. The van der Waals surface area contributed by atoms with Gasteiger partial charge in [0.2, 0.25) is 0 Å². The molecule has 0 amide bonds. The minimum atomic E-state index is 0.494. The van der Waals surface area contributed by atoms with Gasteiger partial charge in [-0.2, -0.15) is 0 Å². The normalized spacial score (nSPS) is 21.6. The average molecular weight is 275 g/mol. The Hall–Kier alpha value is -1.16. The number of hydrogen-bond acceptors (Lipinski definition) is 4. The lowest BCUT2D eigenvalue weighted by molar-refractivity contribution is 0.177. The molecule has 110 valence electrons. The van der Waals surface area contributed by atoms with Crippen LogP contribution in [0, 0.1) is 12.3 Å². The summed E-state index contributed by atoms with van der Waals surface area (Å²) in [5.41, 5.74) is 1.60. The number of nitrogens with zero attached hydrogens (tertiary/aromatic N) is 3. The van der Waals surface area contributed by atoms with Crippen molar-refractivity contribution in [1.82, 2.24) is 9.97 Å². The van der Waals surface area contributed by atoms with Crippen LogP contribution in [-0.2, 0) is 11.3 Å². The largest absolute Gasteiger partial charge is 0.377 e. The number of ether oxygens (including phenoxy) is 1. The molecule has 2 fully saturated rings. The summed E-state index contributed by atoms with van der Waals surface area (Å²) in [7, 11) is 1.69. The van der Waals surface area contributed by atoms with E-state index in [1.54, 1.807) is 7.11 Å². The zero-order chi connectivity index (χ0) is 14.0. The van der Waals surface area contributed by atoms with E-state index in [-0.39, 0.29) is 0 Å². The van der Waals surface area contributed by atoms with E-state index in [9.17, 15) is 0 Å². The van der Waals surface area contributed by atoms with Crippen molar-refractivity contribution in [2.75, 3.05) is 25.1 Å². The molecule has 4 nitrogen and oxygen atoms in total. The van der Waals surface area contributed by atoms with Crippen LogP contribution in [0.5, 0.6) is 0 Å². The van der Waals surface area contributed by atoms with Crippen LogP contribution < -0.4 is 4.90 Å². The summed E-state index contributed by atoms with van der Waals surface area (Å²) >= 11 is 0. The maximum absolute atomic E-state index is 5.17. The standard InChI is InChI=1S/C16H25N3O/c1-13-10-15(18-14(17-13)11-20-2)19-9-8-16(12-19)6-4-3-5-7-16/h10H,3-9,11-12H2,1-2H3. The highest BCUT2D eigenvalue weighted by Crippen LogP contribution is 2.44. The SMILES string of the molecule is COCc1nc(C)cc(N2CCC3(CCCCC3)C2)n1. The Bertz CT molecular complexity index is 469. The van der Waals surface area contributed by atoms with Crippen molar-refractivity contribution in [1.29, 1.82) is 0 Å². The minimum Gasteiger partial charge on any atom is -0.377 e. The molecule has 1 spiro atoms. The maximum Gasteiger partial charge on any atom is 0.156 e. The number of hydrogen-bond donors (Lipinski definition) is 0. The van der Waals surface area contributed by atoms with E-state index < -0.39 is 0 Å². The van der Waals surface area contributed by atoms with Crippen molar-refractivity contribution < 1.29 is 4.74 Å². The van der Waals surface area contributed by atoms with Gasteiger partial charge in [0, 0.05) is 32.0 Å². The smallest absolute Gasteiger partial charge is 0.156 e. The third kappa shape index (κ3) is 2.80. The summed E-state index contributed by atoms with van der Waals surface area (Å²) in [5, 5.41) is 0. The zero-order valence-electron chi connectivity index (χ0n) is 12.7. The fourth-order valence-corrected chi connectivity index (χ4v) is 3.81. The summed E-state index contributed by atoms with van der Waals surface area (Å²) < 4.78 is 5.17. The van der Waals surface area contributed by atoms with E-state index in [2.05, 4.69) is 20.9 Å². The summed E-state index contributed by atoms with van der Waals surface area (Å²) in [6.07, 6.45) is 8.37. The molecule has 20 heavy (non-hydrogen) atoms. The van der Waals surface area contributed by atoms with Crippen LogP contribution in [-0.4, -0.2) is 30.2 Å². The molecule has 0 N–H and O–H groups in total. The highest BCUT2D eigenvalue weighted by molar-refractivity contribution is 5.41. The van der Waals surface area contributed by atoms with Gasteiger partial charge in [0.05, 0.1) is 0 Å². The lowest BCUT2D eigenvalue weighted by atomic mass is 9.73. The van der Waals surface area contributed by atoms with Gasteiger partial charge >= 0.3 is 0 Å². The predicted molar refractivity (Wildman–Crippen MR) is 79.8 cm³/mol. The fraction of sp³-hybridized carbons (Fsp3) is 0.750. The first-order valence-electron chi connectivity index (χ1n) is 7.79. The molecule has 1 aromatic heterocycles. The van der Waals surface area contributed by atoms with E-state index in [4.69, 9.17) is 4.74 Å². The quantitative estimate of drug-likeness (QED) is 0.849. The molecule has 0 unspecified atom stereocenters. The van der Waals surface area contributed by atoms with Crippen LogP contribution in [0.15, 0.2) is 6.07 Å². The Balaban J connectivity index is 1.76. The van der Waals surface area contributed by atoms with Gasteiger partial charge in [-0.15, -0.1) is 0 Å². The summed E-state index contributed by atoms with van der Waals surface area (Å²) in [6, 6.07) is 2.11. The first-order valence-corrected chi connectivity index (χ1v) is 7.79. The molecule has 2 heterocycles. The molecule has 1 aromatic rings. The summed E-state index contributed by atoms with van der Waals surface area (Å²) in [4.78, 5) is 11.6. The summed E-state index contributed by atoms with van der Waals surface area (Å²) in [6.45, 7) is 4.85. The number of methoxy groups -OCH3 is 1. The van der Waals surface area contributed by atoms with Crippen LogP contribution in [0.2, 0.25) is 0 Å². The van der Waals surface area contributed by atoms with E-state index in [1.165, 1.54) is 45.1 Å². The molecule has 0 atom stereocenters. The lowest BCUT2D eigenvalue weighted by Gasteiger charge is -2.33. The van der Waals surface area contributed by atoms with Gasteiger partial charge < -0.3 is 9.64 Å².